The van der Waals surface area contributed by atoms with Gasteiger partial charge in [0, 0.05) is 18.8 Å². The standard InChI is InChI=1S/C22H35N3O3/c1-6-17-9-11-19(12-10-17)24-20(26)16(2)25-13-7-8-18(15-25)14-23-21(27)28-22(3,4)5/h9-12,16,18H,6-8,13-15H2,1-5H3,(H,23,27)(H,24,26). The van der Waals surface area contributed by atoms with Crippen LogP contribution in [0, 0.1) is 5.92 Å². The molecule has 1 saturated heterocycles. The lowest BCUT2D eigenvalue weighted by molar-refractivity contribution is -0.121. The molecule has 2 rings (SSSR count). The van der Waals surface area contributed by atoms with Gasteiger partial charge in [-0.2, -0.15) is 0 Å². The number of nitrogens with one attached hydrogen (secondary N) is 2. The smallest absolute Gasteiger partial charge is 0.407 e. The van der Waals surface area contributed by atoms with E-state index in [0.29, 0.717) is 12.5 Å². The summed E-state index contributed by atoms with van der Waals surface area (Å²) in [5.41, 5.74) is 1.58. The molecular formula is C22H35N3O3. The summed E-state index contributed by atoms with van der Waals surface area (Å²) in [6.07, 6.45) is 2.66. The van der Waals surface area contributed by atoms with Gasteiger partial charge in [-0.3, -0.25) is 9.69 Å². The van der Waals surface area contributed by atoms with Gasteiger partial charge in [0.2, 0.25) is 5.91 Å². The molecule has 1 aliphatic rings. The van der Waals surface area contributed by atoms with Crippen molar-refractivity contribution in [2.24, 2.45) is 5.92 Å². The van der Waals surface area contributed by atoms with Crippen LogP contribution in [0.5, 0.6) is 0 Å². The molecule has 0 aliphatic carbocycles. The summed E-state index contributed by atoms with van der Waals surface area (Å²) < 4.78 is 5.30. The normalized spacial score (nSPS) is 19.0. The number of anilines is 1. The molecular weight excluding hydrogens is 354 g/mol. The van der Waals surface area contributed by atoms with E-state index in [1.165, 1.54) is 5.56 Å². The highest BCUT2D eigenvalue weighted by molar-refractivity contribution is 5.94. The lowest BCUT2D eigenvalue weighted by atomic mass is 9.96. The van der Waals surface area contributed by atoms with Crippen molar-refractivity contribution in [1.29, 1.82) is 0 Å². The average Bonchev–Trinajstić information content (AvgIpc) is 2.65. The molecule has 1 aromatic rings. The number of carbonyl (C=O) groups is 2. The van der Waals surface area contributed by atoms with Gasteiger partial charge in [0.15, 0.2) is 0 Å². The fourth-order valence-electron chi connectivity index (χ4n) is 3.39. The number of hydrogen-bond acceptors (Lipinski definition) is 4. The first-order valence-electron chi connectivity index (χ1n) is 10.3. The minimum absolute atomic E-state index is 0.00463. The van der Waals surface area contributed by atoms with Gasteiger partial charge in [-0.05, 0) is 77.1 Å². The van der Waals surface area contributed by atoms with E-state index in [-0.39, 0.29) is 18.0 Å². The Morgan fingerprint density at radius 1 is 1.25 bits per heavy atom. The monoisotopic (exact) mass is 389 g/mol. The second kappa shape index (κ2) is 9.92. The summed E-state index contributed by atoms with van der Waals surface area (Å²) in [5.74, 6) is 0.324. The van der Waals surface area contributed by atoms with Gasteiger partial charge in [-0.25, -0.2) is 4.79 Å². The van der Waals surface area contributed by atoms with E-state index in [9.17, 15) is 9.59 Å². The van der Waals surface area contributed by atoms with Crippen LogP contribution in [0.2, 0.25) is 0 Å². The van der Waals surface area contributed by atoms with Gasteiger partial charge in [0.1, 0.15) is 5.60 Å². The van der Waals surface area contributed by atoms with E-state index < -0.39 is 5.60 Å². The highest BCUT2D eigenvalue weighted by Crippen LogP contribution is 2.19. The second-order valence-electron chi connectivity index (χ2n) is 8.60. The molecule has 0 radical (unpaired) electrons. The highest BCUT2D eigenvalue weighted by Gasteiger charge is 2.28. The van der Waals surface area contributed by atoms with E-state index in [1.54, 1.807) is 0 Å². The maximum Gasteiger partial charge on any atom is 0.407 e. The summed E-state index contributed by atoms with van der Waals surface area (Å²) in [4.78, 5) is 26.7. The molecule has 0 bridgehead atoms. The third-order valence-corrected chi connectivity index (χ3v) is 5.04. The number of alkyl carbamates (subject to hydrolysis) is 1. The summed E-state index contributed by atoms with van der Waals surface area (Å²) in [6, 6.07) is 7.77. The lowest BCUT2D eigenvalue weighted by Gasteiger charge is -2.36. The first kappa shape index (κ1) is 22.2. The minimum Gasteiger partial charge on any atom is -0.444 e. The SMILES string of the molecule is CCc1ccc(NC(=O)C(C)N2CCCC(CNC(=O)OC(C)(C)C)C2)cc1. The number of hydrogen-bond donors (Lipinski definition) is 2. The first-order valence-corrected chi connectivity index (χ1v) is 10.3. The van der Waals surface area contributed by atoms with Crippen molar-refractivity contribution >= 4 is 17.7 Å². The van der Waals surface area contributed by atoms with E-state index in [4.69, 9.17) is 4.74 Å². The summed E-state index contributed by atoms with van der Waals surface area (Å²) >= 11 is 0. The fourth-order valence-corrected chi connectivity index (χ4v) is 3.39. The molecule has 2 unspecified atom stereocenters. The first-order chi connectivity index (χ1) is 13.2. The predicted octanol–water partition coefficient (Wildman–Crippen LogP) is 3.81. The molecule has 28 heavy (non-hydrogen) atoms. The molecule has 0 spiro atoms. The Bertz CT molecular complexity index is 652. The van der Waals surface area contributed by atoms with E-state index in [1.807, 2.05) is 52.0 Å². The largest absolute Gasteiger partial charge is 0.444 e. The lowest BCUT2D eigenvalue weighted by Crippen LogP contribution is -2.49. The predicted molar refractivity (Wildman–Crippen MR) is 112 cm³/mol. The number of ether oxygens (including phenoxy) is 1. The molecule has 2 atom stereocenters. The van der Waals surface area contributed by atoms with E-state index >= 15 is 0 Å². The van der Waals surface area contributed by atoms with Crippen molar-refractivity contribution in [3.63, 3.8) is 0 Å². The van der Waals surface area contributed by atoms with Crippen LogP contribution in [0.15, 0.2) is 24.3 Å². The van der Waals surface area contributed by atoms with Crippen LogP contribution in [0.3, 0.4) is 0 Å². The number of amides is 2. The van der Waals surface area contributed by atoms with Gasteiger partial charge in [-0.1, -0.05) is 19.1 Å². The molecule has 1 aliphatic heterocycles. The van der Waals surface area contributed by atoms with Crippen LogP contribution in [0.25, 0.3) is 0 Å². The minimum atomic E-state index is -0.495. The molecule has 1 fully saturated rings. The zero-order chi connectivity index (χ0) is 20.7. The molecule has 6 heteroatoms. The molecule has 2 N–H and O–H groups in total. The molecule has 1 aromatic carbocycles. The zero-order valence-corrected chi connectivity index (χ0v) is 17.9. The van der Waals surface area contributed by atoms with Gasteiger partial charge >= 0.3 is 6.09 Å². The van der Waals surface area contributed by atoms with Crippen molar-refractivity contribution in [2.75, 3.05) is 25.0 Å². The molecule has 0 aromatic heterocycles. The van der Waals surface area contributed by atoms with Gasteiger partial charge in [0.25, 0.3) is 0 Å². The zero-order valence-electron chi connectivity index (χ0n) is 17.9. The van der Waals surface area contributed by atoms with Gasteiger partial charge in [-0.15, -0.1) is 0 Å². The number of benzene rings is 1. The number of carbonyl (C=O) groups excluding carboxylic acids is 2. The Kier molecular flexibility index (Phi) is 7.87. The maximum absolute atomic E-state index is 12.7. The Hall–Kier alpha value is -2.08. The Morgan fingerprint density at radius 2 is 1.93 bits per heavy atom. The van der Waals surface area contributed by atoms with E-state index in [2.05, 4.69) is 22.5 Å². The molecule has 2 amide bonds. The Labute approximate surface area is 169 Å². The molecule has 0 saturated carbocycles. The number of nitrogens with zero attached hydrogens (tertiary/aromatic N) is 1. The highest BCUT2D eigenvalue weighted by atomic mass is 16.6. The number of likely N-dealkylation sites (tertiary alicyclic amines) is 1. The Morgan fingerprint density at radius 3 is 2.54 bits per heavy atom. The summed E-state index contributed by atoms with van der Waals surface area (Å²) in [7, 11) is 0. The van der Waals surface area contributed by atoms with Crippen molar-refractivity contribution in [3.05, 3.63) is 29.8 Å². The summed E-state index contributed by atoms with van der Waals surface area (Å²) in [5, 5.41) is 5.87. The maximum atomic E-state index is 12.7. The second-order valence-corrected chi connectivity index (χ2v) is 8.60. The van der Waals surface area contributed by atoms with Crippen molar-refractivity contribution in [2.45, 2.75) is 65.5 Å². The van der Waals surface area contributed by atoms with Gasteiger partial charge in [0.05, 0.1) is 6.04 Å². The quantitative estimate of drug-likeness (QED) is 0.776. The number of rotatable bonds is 6. The average molecular weight is 390 g/mol. The topological polar surface area (TPSA) is 70.7 Å². The molecule has 1 heterocycles. The number of aryl methyl sites for hydroxylation is 1. The fraction of sp³-hybridized carbons (Fsp3) is 0.636. The third kappa shape index (κ3) is 7.15. The Balaban J connectivity index is 1.82. The van der Waals surface area contributed by atoms with Crippen molar-refractivity contribution in [1.82, 2.24) is 10.2 Å². The molecule has 156 valence electrons. The van der Waals surface area contributed by atoms with Gasteiger partial charge < -0.3 is 15.4 Å². The molecule has 6 nitrogen and oxygen atoms in total. The van der Waals surface area contributed by atoms with Crippen LogP contribution in [-0.2, 0) is 16.0 Å². The van der Waals surface area contributed by atoms with Crippen molar-refractivity contribution < 1.29 is 14.3 Å². The number of piperidine rings is 1. The van der Waals surface area contributed by atoms with E-state index in [0.717, 1.165) is 38.0 Å². The van der Waals surface area contributed by atoms with Crippen LogP contribution in [0.1, 0.15) is 53.0 Å². The third-order valence-electron chi connectivity index (χ3n) is 5.04. The van der Waals surface area contributed by atoms with Crippen molar-refractivity contribution in [3.8, 4) is 0 Å². The van der Waals surface area contributed by atoms with Crippen LogP contribution in [-0.4, -0.2) is 48.2 Å². The van der Waals surface area contributed by atoms with Crippen LogP contribution < -0.4 is 10.6 Å². The summed E-state index contributed by atoms with van der Waals surface area (Å²) in [6.45, 7) is 11.9. The van der Waals surface area contributed by atoms with Crippen LogP contribution in [0.4, 0.5) is 10.5 Å². The van der Waals surface area contributed by atoms with Crippen LogP contribution >= 0.6 is 0 Å².